The molecular formula is C17H31IN4S. The average molecular weight is 450 g/mol. The Morgan fingerprint density at radius 2 is 2.17 bits per heavy atom. The topological polar surface area (TPSA) is 39.7 Å². The van der Waals surface area contributed by atoms with E-state index in [0.29, 0.717) is 12.0 Å². The molecule has 0 aliphatic carbocycles. The third kappa shape index (κ3) is 6.58. The number of rotatable bonds is 6. The molecule has 0 amide bonds. The lowest BCUT2D eigenvalue weighted by Crippen LogP contribution is -2.44. The summed E-state index contributed by atoms with van der Waals surface area (Å²) in [6.45, 7) is 13.8. The van der Waals surface area contributed by atoms with Crippen molar-refractivity contribution in [1.82, 2.24) is 15.5 Å². The highest BCUT2D eigenvalue weighted by atomic mass is 127. The number of nitrogens with zero attached hydrogens (tertiary/aromatic N) is 2. The zero-order valence-corrected chi connectivity index (χ0v) is 17.9. The lowest BCUT2D eigenvalue weighted by atomic mass is 10.1. The smallest absolute Gasteiger partial charge is 0.191 e. The van der Waals surface area contributed by atoms with Crippen molar-refractivity contribution >= 4 is 41.3 Å². The maximum absolute atomic E-state index is 4.73. The van der Waals surface area contributed by atoms with Crippen LogP contribution in [-0.4, -0.2) is 43.1 Å². The molecule has 2 heterocycles. The molecule has 0 saturated heterocycles. The van der Waals surface area contributed by atoms with Gasteiger partial charge < -0.3 is 10.6 Å². The Kier molecular flexibility index (Phi) is 9.46. The first-order valence-corrected chi connectivity index (χ1v) is 9.30. The van der Waals surface area contributed by atoms with E-state index in [-0.39, 0.29) is 24.0 Å². The average Bonchev–Trinajstić information content (AvgIpc) is 2.94. The van der Waals surface area contributed by atoms with Crippen molar-refractivity contribution in [3.8, 4) is 0 Å². The third-order valence-corrected chi connectivity index (χ3v) is 5.30. The zero-order valence-electron chi connectivity index (χ0n) is 14.8. The predicted octanol–water partition coefficient (Wildman–Crippen LogP) is 3.32. The highest BCUT2D eigenvalue weighted by molar-refractivity contribution is 14.0. The van der Waals surface area contributed by atoms with E-state index in [4.69, 9.17) is 4.99 Å². The minimum absolute atomic E-state index is 0. The van der Waals surface area contributed by atoms with Gasteiger partial charge in [-0.15, -0.1) is 35.3 Å². The lowest BCUT2D eigenvalue weighted by Gasteiger charge is -2.26. The lowest BCUT2D eigenvalue weighted by molar-refractivity contribution is 0.263. The van der Waals surface area contributed by atoms with Gasteiger partial charge in [0.25, 0.3) is 0 Å². The quantitative estimate of drug-likeness (QED) is 0.397. The van der Waals surface area contributed by atoms with Crippen molar-refractivity contribution in [3.05, 3.63) is 21.9 Å². The summed E-state index contributed by atoms with van der Waals surface area (Å²) in [5, 5.41) is 9.04. The van der Waals surface area contributed by atoms with Crippen LogP contribution in [0.1, 0.15) is 38.1 Å². The number of aliphatic imine (C=N–C) groups is 1. The summed E-state index contributed by atoms with van der Waals surface area (Å²) in [6.07, 6.45) is 1.19. The first kappa shape index (κ1) is 20.7. The second kappa shape index (κ2) is 10.5. The number of hydrogen-bond donors (Lipinski definition) is 2. The van der Waals surface area contributed by atoms with Crippen molar-refractivity contribution in [2.75, 3.05) is 26.2 Å². The summed E-state index contributed by atoms with van der Waals surface area (Å²) in [6, 6.07) is 2.70. The fourth-order valence-electron chi connectivity index (χ4n) is 2.50. The molecular weight excluding hydrogens is 419 g/mol. The summed E-state index contributed by atoms with van der Waals surface area (Å²) in [4.78, 5) is 8.81. The van der Waals surface area contributed by atoms with Crippen LogP contribution in [0.2, 0.25) is 0 Å². The number of guanidine groups is 1. The molecule has 132 valence electrons. The van der Waals surface area contributed by atoms with E-state index in [1.807, 2.05) is 11.3 Å². The maximum Gasteiger partial charge on any atom is 0.191 e. The van der Waals surface area contributed by atoms with Crippen LogP contribution in [0.3, 0.4) is 0 Å². The second-order valence-corrected chi connectivity index (χ2v) is 7.33. The Balaban J connectivity index is 0.00000264. The van der Waals surface area contributed by atoms with Gasteiger partial charge in [0, 0.05) is 37.1 Å². The highest BCUT2D eigenvalue weighted by Gasteiger charge is 2.16. The van der Waals surface area contributed by atoms with Crippen LogP contribution in [0, 0.1) is 5.92 Å². The van der Waals surface area contributed by atoms with E-state index in [1.54, 1.807) is 4.88 Å². The van der Waals surface area contributed by atoms with E-state index in [1.165, 1.54) is 12.0 Å². The summed E-state index contributed by atoms with van der Waals surface area (Å²) in [5.74, 6) is 1.54. The molecule has 0 spiro atoms. The largest absolute Gasteiger partial charge is 0.357 e. The van der Waals surface area contributed by atoms with Crippen LogP contribution < -0.4 is 10.6 Å². The van der Waals surface area contributed by atoms with Crippen LogP contribution in [0.25, 0.3) is 0 Å². The fourth-order valence-corrected chi connectivity index (χ4v) is 3.39. The van der Waals surface area contributed by atoms with Gasteiger partial charge in [-0.3, -0.25) is 9.89 Å². The highest BCUT2D eigenvalue weighted by Crippen LogP contribution is 2.23. The second-order valence-electron chi connectivity index (χ2n) is 6.33. The van der Waals surface area contributed by atoms with Gasteiger partial charge in [-0.05, 0) is 43.2 Å². The Labute approximate surface area is 162 Å². The van der Waals surface area contributed by atoms with Gasteiger partial charge in [0.15, 0.2) is 5.96 Å². The molecule has 0 radical (unpaired) electrons. The summed E-state index contributed by atoms with van der Waals surface area (Å²) < 4.78 is 0. The predicted molar refractivity (Wildman–Crippen MR) is 112 cm³/mol. The van der Waals surface area contributed by atoms with Crippen LogP contribution in [-0.2, 0) is 13.0 Å². The normalized spacial score (nSPS) is 16.7. The number of fused-ring (bicyclic) bond motifs is 1. The minimum atomic E-state index is 0. The first-order chi connectivity index (χ1) is 10.6. The number of hydrogen-bond acceptors (Lipinski definition) is 3. The summed E-state index contributed by atoms with van der Waals surface area (Å²) in [5.41, 5.74) is 1.51. The molecule has 1 unspecified atom stereocenters. The Hall–Kier alpha value is -0.340. The molecule has 0 saturated carbocycles. The van der Waals surface area contributed by atoms with Crippen molar-refractivity contribution in [1.29, 1.82) is 0 Å². The van der Waals surface area contributed by atoms with E-state index in [9.17, 15) is 0 Å². The molecule has 2 N–H and O–H groups in total. The Bertz CT molecular complexity index is 487. The van der Waals surface area contributed by atoms with Crippen LogP contribution >= 0.6 is 35.3 Å². The van der Waals surface area contributed by atoms with Crippen molar-refractivity contribution < 1.29 is 0 Å². The number of halogens is 1. The van der Waals surface area contributed by atoms with Crippen LogP contribution in [0.5, 0.6) is 0 Å². The van der Waals surface area contributed by atoms with Gasteiger partial charge in [-0.2, -0.15) is 0 Å². The SMILES string of the molecule is CCNC(=NCCN1CCc2sccc2C1)NC(C)C(C)C.I. The van der Waals surface area contributed by atoms with E-state index in [0.717, 1.165) is 38.7 Å². The standard InChI is InChI=1S/C17H30N4S.HI/c1-5-18-17(20-14(4)13(2)3)19-8-10-21-9-6-16-15(12-21)7-11-22-16;/h7,11,13-14H,5-6,8-10,12H2,1-4H3,(H2,18,19,20);1H. The van der Waals surface area contributed by atoms with Gasteiger partial charge in [-0.1, -0.05) is 13.8 Å². The van der Waals surface area contributed by atoms with Crippen LogP contribution in [0.4, 0.5) is 0 Å². The van der Waals surface area contributed by atoms with Crippen molar-refractivity contribution in [2.45, 2.75) is 46.7 Å². The molecule has 0 fully saturated rings. The molecule has 23 heavy (non-hydrogen) atoms. The molecule has 0 aromatic carbocycles. The van der Waals surface area contributed by atoms with Crippen LogP contribution in [0.15, 0.2) is 16.4 Å². The maximum atomic E-state index is 4.73. The van der Waals surface area contributed by atoms with Crippen molar-refractivity contribution in [3.63, 3.8) is 0 Å². The minimum Gasteiger partial charge on any atom is -0.357 e. The summed E-state index contributed by atoms with van der Waals surface area (Å²) in [7, 11) is 0. The van der Waals surface area contributed by atoms with Gasteiger partial charge in [-0.25, -0.2) is 0 Å². The monoisotopic (exact) mass is 450 g/mol. The molecule has 1 aromatic heterocycles. The molecule has 1 aliphatic rings. The van der Waals surface area contributed by atoms with E-state index in [2.05, 4.69) is 54.7 Å². The molecule has 1 aromatic rings. The van der Waals surface area contributed by atoms with E-state index >= 15 is 0 Å². The van der Waals surface area contributed by atoms with Gasteiger partial charge >= 0.3 is 0 Å². The Morgan fingerprint density at radius 3 is 2.87 bits per heavy atom. The molecule has 2 rings (SSSR count). The van der Waals surface area contributed by atoms with Crippen molar-refractivity contribution in [2.24, 2.45) is 10.9 Å². The van der Waals surface area contributed by atoms with E-state index < -0.39 is 0 Å². The Morgan fingerprint density at radius 1 is 1.39 bits per heavy atom. The molecule has 1 atom stereocenters. The van der Waals surface area contributed by atoms with Gasteiger partial charge in [0.1, 0.15) is 0 Å². The van der Waals surface area contributed by atoms with Gasteiger partial charge in [0.2, 0.25) is 0 Å². The molecule has 0 bridgehead atoms. The third-order valence-electron chi connectivity index (χ3n) is 4.28. The molecule has 1 aliphatic heterocycles. The first-order valence-electron chi connectivity index (χ1n) is 8.42. The summed E-state index contributed by atoms with van der Waals surface area (Å²) >= 11 is 1.90. The molecule has 4 nitrogen and oxygen atoms in total. The molecule has 6 heteroatoms. The number of thiophene rings is 1. The fraction of sp³-hybridized carbons (Fsp3) is 0.706. The van der Waals surface area contributed by atoms with Gasteiger partial charge in [0.05, 0.1) is 6.54 Å². The zero-order chi connectivity index (χ0) is 15.9. The number of nitrogens with one attached hydrogen (secondary N) is 2.